The van der Waals surface area contributed by atoms with Crippen molar-refractivity contribution in [3.8, 4) is 0 Å². The number of likely N-dealkylation sites (N-methyl/N-ethyl adjacent to an activating group) is 1. The molecule has 0 aromatic heterocycles. The monoisotopic (exact) mass is 228 g/mol. The Morgan fingerprint density at radius 3 is 2.38 bits per heavy atom. The Labute approximate surface area is 94.0 Å². The number of hydrogen-bond donors (Lipinski definition) is 2. The van der Waals surface area contributed by atoms with E-state index in [1.54, 1.807) is 13.0 Å². The van der Waals surface area contributed by atoms with Gasteiger partial charge in [0.15, 0.2) is 0 Å². The van der Waals surface area contributed by atoms with Gasteiger partial charge in [-0.25, -0.2) is 4.79 Å². The van der Waals surface area contributed by atoms with Crippen LogP contribution in [0.5, 0.6) is 0 Å². The van der Waals surface area contributed by atoms with Gasteiger partial charge in [0, 0.05) is 19.2 Å². The first-order valence-electron chi connectivity index (χ1n) is 4.92. The summed E-state index contributed by atoms with van der Waals surface area (Å²) >= 11 is 0. The van der Waals surface area contributed by atoms with Gasteiger partial charge in [0.05, 0.1) is 7.11 Å². The fourth-order valence-corrected chi connectivity index (χ4v) is 0.838. The van der Waals surface area contributed by atoms with E-state index in [-0.39, 0.29) is 0 Å². The third-order valence-corrected chi connectivity index (χ3v) is 1.60. The maximum Gasteiger partial charge on any atom is 0.330 e. The molecule has 0 aromatic carbocycles. The summed E-state index contributed by atoms with van der Waals surface area (Å²) in [5.41, 5.74) is 0. The number of rotatable bonds is 5. The molecule has 0 radical (unpaired) electrons. The van der Waals surface area contributed by atoms with Crippen LogP contribution in [0.2, 0.25) is 0 Å². The lowest BCUT2D eigenvalue weighted by Crippen LogP contribution is -2.40. The number of methoxy groups -OCH3 is 1. The third kappa shape index (κ3) is 6.58. The normalized spacial score (nSPS) is 9.88. The van der Waals surface area contributed by atoms with Crippen molar-refractivity contribution in [2.75, 3.05) is 20.2 Å². The number of carbonyl (C=O) groups excluding carboxylic acids is 3. The van der Waals surface area contributed by atoms with Gasteiger partial charge in [0.2, 0.25) is 0 Å². The van der Waals surface area contributed by atoms with Gasteiger partial charge in [-0.3, -0.25) is 9.59 Å². The lowest BCUT2D eigenvalue weighted by molar-refractivity contribution is -0.139. The van der Waals surface area contributed by atoms with E-state index in [0.717, 1.165) is 0 Å². The third-order valence-electron chi connectivity index (χ3n) is 1.60. The van der Waals surface area contributed by atoms with Crippen molar-refractivity contribution < 1.29 is 19.1 Å². The molecule has 0 saturated carbocycles. The highest BCUT2D eigenvalue weighted by Crippen LogP contribution is 1.83. The van der Waals surface area contributed by atoms with E-state index in [9.17, 15) is 14.4 Å². The molecule has 6 heteroatoms. The minimum Gasteiger partial charge on any atom is -0.466 e. The highest BCUT2D eigenvalue weighted by Gasteiger charge is 2.09. The number of esters is 1. The molecule has 0 spiro atoms. The Hall–Kier alpha value is -1.85. The van der Waals surface area contributed by atoms with Gasteiger partial charge in [-0.05, 0) is 13.3 Å². The molecule has 0 atom stereocenters. The van der Waals surface area contributed by atoms with Gasteiger partial charge < -0.3 is 15.4 Å². The Balaban J connectivity index is 3.66. The molecule has 2 amide bonds. The lowest BCUT2D eigenvalue weighted by atomic mass is 10.3. The van der Waals surface area contributed by atoms with E-state index in [1.807, 2.05) is 0 Å². The van der Waals surface area contributed by atoms with Gasteiger partial charge in [-0.1, -0.05) is 6.08 Å². The first kappa shape index (κ1) is 14.2. The molecule has 0 saturated heterocycles. The number of ether oxygens (including phenoxy) is 1. The predicted molar refractivity (Wildman–Crippen MR) is 57.5 cm³/mol. The van der Waals surface area contributed by atoms with E-state index >= 15 is 0 Å². The highest BCUT2D eigenvalue weighted by atomic mass is 16.5. The van der Waals surface area contributed by atoms with Crippen LogP contribution in [-0.4, -0.2) is 38.0 Å². The molecule has 0 heterocycles. The summed E-state index contributed by atoms with van der Waals surface area (Å²) in [6.07, 6.45) is 3.28. The molecule has 0 fully saturated rings. The molecule has 0 aliphatic rings. The van der Waals surface area contributed by atoms with E-state index in [2.05, 4.69) is 15.4 Å². The molecule has 2 N–H and O–H groups in total. The zero-order valence-corrected chi connectivity index (χ0v) is 9.41. The molecule has 0 aliphatic heterocycles. The Bertz CT molecular complexity index is 287. The van der Waals surface area contributed by atoms with Crippen LogP contribution in [0.1, 0.15) is 13.3 Å². The van der Waals surface area contributed by atoms with Crippen molar-refractivity contribution in [1.82, 2.24) is 10.6 Å². The standard InChI is InChI=1S/C10H16N2O4/c1-3-11-9(14)10(15)12-7-5-4-6-8(13)16-2/h4,6H,3,5,7H2,1-2H3,(H,11,14)(H,12,15)/b6-4+. The van der Waals surface area contributed by atoms with E-state index in [1.165, 1.54) is 13.2 Å². The zero-order chi connectivity index (χ0) is 12.4. The molecule has 0 aliphatic carbocycles. The summed E-state index contributed by atoms with van der Waals surface area (Å²) in [6, 6.07) is 0. The SMILES string of the molecule is CCNC(=O)C(=O)NCC/C=C/C(=O)OC. The molecule has 0 aromatic rings. The number of carbonyl (C=O) groups is 3. The van der Waals surface area contributed by atoms with Crippen molar-refractivity contribution in [3.63, 3.8) is 0 Å². The van der Waals surface area contributed by atoms with Crippen LogP contribution in [0.3, 0.4) is 0 Å². The van der Waals surface area contributed by atoms with E-state index < -0.39 is 17.8 Å². The van der Waals surface area contributed by atoms with E-state index in [4.69, 9.17) is 0 Å². The minimum absolute atomic E-state index is 0.295. The number of amides is 2. The van der Waals surface area contributed by atoms with Crippen LogP contribution in [-0.2, 0) is 19.1 Å². The minimum atomic E-state index is -0.673. The van der Waals surface area contributed by atoms with E-state index in [0.29, 0.717) is 19.5 Å². The van der Waals surface area contributed by atoms with Crippen LogP contribution in [0.15, 0.2) is 12.2 Å². The van der Waals surface area contributed by atoms with Crippen molar-refractivity contribution in [1.29, 1.82) is 0 Å². The Kier molecular flexibility index (Phi) is 7.48. The highest BCUT2D eigenvalue weighted by molar-refractivity contribution is 6.35. The van der Waals surface area contributed by atoms with Gasteiger partial charge in [-0.2, -0.15) is 0 Å². The Morgan fingerprint density at radius 1 is 1.19 bits per heavy atom. The second-order valence-corrected chi connectivity index (χ2v) is 2.83. The molecule has 6 nitrogen and oxygen atoms in total. The fourth-order valence-electron chi connectivity index (χ4n) is 0.838. The summed E-state index contributed by atoms with van der Waals surface area (Å²) in [5.74, 6) is -1.78. The second kappa shape index (κ2) is 8.46. The van der Waals surface area contributed by atoms with Gasteiger partial charge in [-0.15, -0.1) is 0 Å². The largest absolute Gasteiger partial charge is 0.466 e. The summed E-state index contributed by atoms with van der Waals surface area (Å²) in [6.45, 7) is 2.43. The smallest absolute Gasteiger partial charge is 0.330 e. The second-order valence-electron chi connectivity index (χ2n) is 2.83. The van der Waals surface area contributed by atoms with Crippen LogP contribution >= 0.6 is 0 Å². The molecule has 0 rings (SSSR count). The number of nitrogens with one attached hydrogen (secondary N) is 2. The van der Waals surface area contributed by atoms with Crippen LogP contribution in [0.25, 0.3) is 0 Å². The zero-order valence-electron chi connectivity index (χ0n) is 9.41. The van der Waals surface area contributed by atoms with Crippen molar-refractivity contribution in [3.05, 3.63) is 12.2 Å². The molecule has 0 bridgehead atoms. The lowest BCUT2D eigenvalue weighted by Gasteiger charge is -2.02. The predicted octanol–water partition coefficient (Wildman–Crippen LogP) is -0.642. The summed E-state index contributed by atoms with van der Waals surface area (Å²) < 4.78 is 4.37. The number of hydrogen-bond acceptors (Lipinski definition) is 4. The molecule has 0 unspecified atom stereocenters. The summed E-state index contributed by atoms with van der Waals surface area (Å²) in [4.78, 5) is 32.6. The topological polar surface area (TPSA) is 84.5 Å². The average Bonchev–Trinajstić information content (AvgIpc) is 2.28. The van der Waals surface area contributed by atoms with Gasteiger partial charge in [0.25, 0.3) is 0 Å². The van der Waals surface area contributed by atoms with Crippen molar-refractivity contribution in [2.24, 2.45) is 0 Å². The first-order chi connectivity index (χ1) is 7.61. The molecular weight excluding hydrogens is 212 g/mol. The molecule has 16 heavy (non-hydrogen) atoms. The van der Waals surface area contributed by atoms with Crippen molar-refractivity contribution in [2.45, 2.75) is 13.3 Å². The van der Waals surface area contributed by atoms with Crippen LogP contribution < -0.4 is 10.6 Å². The molecular formula is C10H16N2O4. The summed E-state index contributed by atoms with van der Waals surface area (Å²) in [5, 5.41) is 4.78. The molecule has 90 valence electrons. The Morgan fingerprint density at radius 2 is 1.81 bits per heavy atom. The van der Waals surface area contributed by atoms with Gasteiger partial charge in [0.1, 0.15) is 0 Å². The average molecular weight is 228 g/mol. The maximum atomic E-state index is 11.0. The first-order valence-corrected chi connectivity index (χ1v) is 4.92. The van der Waals surface area contributed by atoms with Gasteiger partial charge >= 0.3 is 17.8 Å². The maximum absolute atomic E-state index is 11.0. The summed E-state index contributed by atoms with van der Waals surface area (Å²) in [7, 11) is 1.28. The van der Waals surface area contributed by atoms with Crippen LogP contribution in [0, 0.1) is 0 Å². The fraction of sp³-hybridized carbons (Fsp3) is 0.500. The quantitative estimate of drug-likeness (QED) is 0.284. The van der Waals surface area contributed by atoms with Crippen molar-refractivity contribution >= 4 is 17.8 Å². The van der Waals surface area contributed by atoms with Crippen LogP contribution in [0.4, 0.5) is 0 Å².